The normalized spacial score (nSPS) is 30.3. The summed E-state index contributed by atoms with van der Waals surface area (Å²) in [5, 5.41) is 31.9. The molecule has 2 bridgehead atoms. The van der Waals surface area contributed by atoms with Crippen LogP contribution in [-0.4, -0.2) is 44.9 Å². The van der Waals surface area contributed by atoms with Crippen molar-refractivity contribution in [3.8, 4) is 11.5 Å². The van der Waals surface area contributed by atoms with Crippen LogP contribution in [0.15, 0.2) is 54.3 Å². The number of phenols is 1. The molecule has 1 fully saturated rings. The highest BCUT2D eigenvalue weighted by Crippen LogP contribution is 2.68. The Morgan fingerprint density at radius 3 is 2.64 bits per heavy atom. The van der Waals surface area contributed by atoms with E-state index in [9.17, 15) is 24.6 Å². The van der Waals surface area contributed by atoms with Gasteiger partial charge in [-0.25, -0.2) is 4.79 Å². The SMILES string of the molecule is CC1CC[C@]23c4c5ccc(O)c4O[C@H]2C(OC(=O)[C@@H](OC(=O)CCC(=O)O)c2ccccc2)=CC[C@@]3(O)[C@H]1C5. The number of carbonyl (C=O) groups excluding carboxylic acids is 2. The van der Waals surface area contributed by atoms with Crippen LogP contribution < -0.4 is 4.74 Å². The number of aromatic hydroxyl groups is 1. The number of phenolic OH excluding ortho intramolecular Hbond substituents is 1. The van der Waals surface area contributed by atoms with Crippen LogP contribution in [0.3, 0.4) is 0 Å². The number of esters is 2. The number of hydrogen-bond donors (Lipinski definition) is 3. The topological polar surface area (TPSA) is 140 Å². The summed E-state index contributed by atoms with van der Waals surface area (Å²) < 4.78 is 17.6. The summed E-state index contributed by atoms with van der Waals surface area (Å²) in [4.78, 5) is 36.9. The first-order chi connectivity index (χ1) is 18.7. The molecule has 1 unspecified atom stereocenters. The number of ether oxygens (including phenoxy) is 3. The highest BCUT2D eigenvalue weighted by molar-refractivity contribution is 5.83. The molecule has 6 rings (SSSR count). The molecular formula is C30H30O9. The van der Waals surface area contributed by atoms with Gasteiger partial charge in [0.25, 0.3) is 0 Å². The summed E-state index contributed by atoms with van der Waals surface area (Å²) in [7, 11) is 0. The van der Waals surface area contributed by atoms with Crippen molar-refractivity contribution in [2.45, 2.75) is 68.7 Å². The lowest BCUT2D eigenvalue weighted by Crippen LogP contribution is -2.69. The number of hydrogen-bond acceptors (Lipinski definition) is 8. The fraction of sp³-hybridized carbons (Fsp3) is 0.433. The first-order valence-corrected chi connectivity index (χ1v) is 13.3. The highest BCUT2D eigenvalue weighted by Gasteiger charge is 2.72. The van der Waals surface area contributed by atoms with Crippen molar-refractivity contribution in [1.82, 2.24) is 0 Å². The lowest BCUT2D eigenvalue weighted by atomic mass is 9.45. The second-order valence-electron chi connectivity index (χ2n) is 11.1. The van der Waals surface area contributed by atoms with Crippen LogP contribution in [0.2, 0.25) is 0 Å². The van der Waals surface area contributed by atoms with Crippen molar-refractivity contribution in [2.75, 3.05) is 0 Å². The van der Waals surface area contributed by atoms with Gasteiger partial charge in [0.2, 0.25) is 6.10 Å². The van der Waals surface area contributed by atoms with Crippen LogP contribution in [0.4, 0.5) is 0 Å². The van der Waals surface area contributed by atoms with Crippen molar-refractivity contribution >= 4 is 17.9 Å². The molecule has 0 amide bonds. The van der Waals surface area contributed by atoms with Crippen molar-refractivity contribution in [3.63, 3.8) is 0 Å². The smallest absolute Gasteiger partial charge is 0.357 e. The molecule has 6 atom stereocenters. The Kier molecular flexibility index (Phi) is 5.95. The van der Waals surface area contributed by atoms with Gasteiger partial charge in [0.1, 0.15) is 5.76 Å². The predicted molar refractivity (Wildman–Crippen MR) is 136 cm³/mol. The van der Waals surface area contributed by atoms with E-state index in [0.29, 0.717) is 24.2 Å². The molecule has 204 valence electrons. The molecule has 3 N–H and O–H groups in total. The molecule has 1 saturated carbocycles. The van der Waals surface area contributed by atoms with Gasteiger partial charge in [-0.1, -0.05) is 43.3 Å². The molecule has 0 radical (unpaired) electrons. The zero-order valence-corrected chi connectivity index (χ0v) is 21.5. The van der Waals surface area contributed by atoms with Gasteiger partial charge in [-0.05, 0) is 55.2 Å². The van der Waals surface area contributed by atoms with E-state index in [1.165, 1.54) is 0 Å². The predicted octanol–water partition coefficient (Wildman–Crippen LogP) is 3.70. The van der Waals surface area contributed by atoms with Gasteiger partial charge in [-0.3, -0.25) is 9.59 Å². The van der Waals surface area contributed by atoms with Crippen LogP contribution in [0.5, 0.6) is 11.5 Å². The average molecular weight is 535 g/mol. The van der Waals surface area contributed by atoms with Crippen LogP contribution in [0.25, 0.3) is 0 Å². The fourth-order valence-electron chi connectivity index (χ4n) is 7.26. The first kappa shape index (κ1) is 25.4. The van der Waals surface area contributed by atoms with Crippen molar-refractivity contribution < 1.29 is 43.9 Å². The van der Waals surface area contributed by atoms with Gasteiger partial charge in [0, 0.05) is 11.1 Å². The molecule has 4 aliphatic rings. The molecule has 9 heteroatoms. The fourth-order valence-corrected chi connectivity index (χ4v) is 7.26. The second kappa shape index (κ2) is 9.12. The summed E-state index contributed by atoms with van der Waals surface area (Å²) in [6.07, 6.45) is 0.925. The Hall–Kier alpha value is -3.85. The summed E-state index contributed by atoms with van der Waals surface area (Å²) >= 11 is 0. The van der Waals surface area contributed by atoms with Gasteiger partial charge in [-0.2, -0.15) is 0 Å². The second-order valence-corrected chi connectivity index (χ2v) is 11.1. The number of benzene rings is 2. The number of carboxylic acids is 1. The maximum absolute atomic E-state index is 13.6. The number of carbonyl (C=O) groups is 3. The molecule has 0 aromatic heterocycles. The largest absolute Gasteiger partial charge is 0.504 e. The summed E-state index contributed by atoms with van der Waals surface area (Å²) in [5.74, 6) is -2.13. The molecule has 2 aromatic carbocycles. The van der Waals surface area contributed by atoms with Crippen molar-refractivity contribution in [1.29, 1.82) is 0 Å². The molecule has 9 nitrogen and oxygen atoms in total. The first-order valence-electron chi connectivity index (χ1n) is 13.3. The van der Waals surface area contributed by atoms with Gasteiger partial charge >= 0.3 is 17.9 Å². The molecular weight excluding hydrogens is 504 g/mol. The quantitative estimate of drug-likeness (QED) is 0.454. The minimum atomic E-state index is -1.43. The van der Waals surface area contributed by atoms with Gasteiger partial charge in [0.05, 0.1) is 23.9 Å². The summed E-state index contributed by atoms with van der Waals surface area (Å²) in [6, 6.07) is 11.8. The molecule has 1 spiro atoms. The minimum Gasteiger partial charge on any atom is -0.504 e. The zero-order valence-electron chi connectivity index (χ0n) is 21.5. The maximum atomic E-state index is 13.6. The third-order valence-electron chi connectivity index (χ3n) is 9.06. The van der Waals surface area contributed by atoms with E-state index in [1.807, 2.05) is 6.07 Å². The van der Waals surface area contributed by atoms with E-state index >= 15 is 0 Å². The van der Waals surface area contributed by atoms with E-state index in [0.717, 1.165) is 17.5 Å². The lowest BCUT2D eigenvalue weighted by Gasteiger charge is -2.61. The monoisotopic (exact) mass is 534 g/mol. The number of aliphatic carboxylic acids is 1. The van der Waals surface area contributed by atoms with Crippen LogP contribution >= 0.6 is 0 Å². The zero-order chi connectivity index (χ0) is 27.5. The van der Waals surface area contributed by atoms with Crippen LogP contribution in [0, 0.1) is 11.8 Å². The standard InChI is InChI=1S/C30H30O9/c1-16-11-13-29-24-18-7-8-20(31)26(24)39-27(29)21(12-14-30(29,36)19(16)15-18)37-28(35)25(17-5-3-2-4-6-17)38-23(34)10-9-22(32)33/h2-8,12,16,19,25,27,31,36H,9-11,13-15H2,1H3,(H,32,33)/t16?,19-,25-,27-,29-,30+/m0/s1. The Balaban J connectivity index is 1.35. The number of carboxylic acid groups (broad SMARTS) is 1. The van der Waals surface area contributed by atoms with Crippen molar-refractivity contribution in [3.05, 3.63) is 71.0 Å². The minimum absolute atomic E-state index is 0.0268. The molecule has 2 aromatic rings. The van der Waals surface area contributed by atoms with E-state index in [4.69, 9.17) is 19.3 Å². The Morgan fingerprint density at radius 1 is 1.13 bits per heavy atom. The molecule has 1 aliphatic heterocycles. The molecule has 39 heavy (non-hydrogen) atoms. The molecule has 0 saturated heterocycles. The van der Waals surface area contributed by atoms with Crippen LogP contribution in [0.1, 0.15) is 61.8 Å². The third-order valence-corrected chi connectivity index (χ3v) is 9.06. The van der Waals surface area contributed by atoms with Gasteiger partial charge < -0.3 is 29.5 Å². The van der Waals surface area contributed by atoms with E-state index in [1.54, 1.807) is 42.5 Å². The molecule has 3 aliphatic carbocycles. The van der Waals surface area contributed by atoms with E-state index in [-0.39, 0.29) is 29.8 Å². The Labute approximate surface area is 225 Å². The third kappa shape index (κ3) is 3.74. The highest BCUT2D eigenvalue weighted by atomic mass is 16.6. The van der Waals surface area contributed by atoms with Crippen LogP contribution in [-0.2, 0) is 35.7 Å². The van der Waals surface area contributed by atoms with E-state index < -0.39 is 54.0 Å². The van der Waals surface area contributed by atoms with E-state index in [2.05, 4.69) is 6.92 Å². The lowest BCUT2D eigenvalue weighted by molar-refractivity contribution is -0.177. The molecule has 1 heterocycles. The summed E-state index contributed by atoms with van der Waals surface area (Å²) in [5.41, 5.74) is 0.154. The Bertz CT molecular complexity index is 1380. The number of rotatable bonds is 7. The summed E-state index contributed by atoms with van der Waals surface area (Å²) in [6.45, 7) is 2.15. The van der Waals surface area contributed by atoms with Gasteiger partial charge in [0.15, 0.2) is 17.6 Å². The maximum Gasteiger partial charge on any atom is 0.357 e. The average Bonchev–Trinajstić information content (AvgIpc) is 3.28. The Morgan fingerprint density at radius 2 is 1.90 bits per heavy atom. The van der Waals surface area contributed by atoms with Crippen molar-refractivity contribution in [2.24, 2.45) is 11.8 Å². The number of aliphatic hydroxyl groups is 1. The van der Waals surface area contributed by atoms with Gasteiger partial charge in [-0.15, -0.1) is 0 Å².